The highest BCUT2D eigenvalue weighted by Gasteiger charge is 2.32. The number of fused-ring (bicyclic) bond motifs is 1. The van der Waals surface area contributed by atoms with Crippen molar-refractivity contribution in [3.05, 3.63) is 57.3 Å². The standard InChI is InChI=1S/C23H20Cl3N3O4/c1-33-23(32)17(28-16-3-5-19(30)21(16)26)9-12-2-4-18-13(8-12)6-7-29(18)22(31)20-14(24)10-27-11-15(20)25/h2,4,8,10-11,17,21H,3,5-7,9H2,1H3. The van der Waals surface area contributed by atoms with Crippen molar-refractivity contribution in [2.75, 3.05) is 18.6 Å². The number of pyridine rings is 1. The van der Waals surface area contributed by atoms with Crippen LogP contribution in [0.3, 0.4) is 0 Å². The molecule has 2 atom stereocenters. The van der Waals surface area contributed by atoms with Gasteiger partial charge in [0, 0.05) is 43.2 Å². The number of methoxy groups -OCH3 is 1. The number of esters is 1. The number of ketones is 1. The number of hydrogen-bond donors (Lipinski definition) is 0. The minimum atomic E-state index is -0.802. The minimum absolute atomic E-state index is 0.0873. The molecule has 7 nitrogen and oxygen atoms in total. The monoisotopic (exact) mass is 507 g/mol. The highest BCUT2D eigenvalue weighted by atomic mass is 35.5. The summed E-state index contributed by atoms with van der Waals surface area (Å²) >= 11 is 18.5. The Balaban J connectivity index is 1.57. The van der Waals surface area contributed by atoms with Crippen LogP contribution in [0.5, 0.6) is 0 Å². The average molecular weight is 509 g/mol. The first kappa shape index (κ1) is 23.7. The number of nitrogens with zero attached hydrogens (tertiary/aromatic N) is 3. The molecule has 33 heavy (non-hydrogen) atoms. The number of rotatable bonds is 5. The van der Waals surface area contributed by atoms with Gasteiger partial charge < -0.3 is 9.64 Å². The lowest BCUT2D eigenvalue weighted by atomic mass is 10.0. The Bertz CT molecular complexity index is 1150. The topological polar surface area (TPSA) is 88.9 Å². The van der Waals surface area contributed by atoms with Crippen molar-refractivity contribution in [1.29, 1.82) is 0 Å². The summed E-state index contributed by atoms with van der Waals surface area (Å²) in [5, 5.41) is -0.398. The second kappa shape index (κ2) is 9.79. The van der Waals surface area contributed by atoms with Gasteiger partial charge in [-0.05, 0) is 30.0 Å². The van der Waals surface area contributed by atoms with Crippen molar-refractivity contribution in [1.82, 2.24) is 4.98 Å². The van der Waals surface area contributed by atoms with Crippen LogP contribution in [0.1, 0.15) is 34.3 Å². The Morgan fingerprint density at radius 2 is 1.94 bits per heavy atom. The van der Waals surface area contributed by atoms with Crippen LogP contribution in [0.15, 0.2) is 35.6 Å². The number of hydrogen-bond acceptors (Lipinski definition) is 6. The van der Waals surface area contributed by atoms with Crippen LogP contribution >= 0.6 is 34.8 Å². The summed E-state index contributed by atoms with van der Waals surface area (Å²) in [7, 11) is 1.30. The molecule has 2 heterocycles. The summed E-state index contributed by atoms with van der Waals surface area (Å²) < 4.78 is 4.91. The predicted molar refractivity (Wildman–Crippen MR) is 127 cm³/mol. The van der Waals surface area contributed by atoms with E-state index in [1.165, 1.54) is 19.5 Å². The van der Waals surface area contributed by atoms with E-state index in [4.69, 9.17) is 39.5 Å². The zero-order valence-electron chi connectivity index (χ0n) is 17.7. The number of aliphatic imine (C=N–C) groups is 1. The first-order valence-electron chi connectivity index (χ1n) is 10.3. The van der Waals surface area contributed by atoms with E-state index >= 15 is 0 Å². The Hall–Kier alpha value is -2.48. The number of carbonyl (C=O) groups is 3. The molecule has 0 spiro atoms. The molecule has 2 aromatic rings. The molecular weight excluding hydrogens is 489 g/mol. The Kier molecular flexibility index (Phi) is 7.02. The van der Waals surface area contributed by atoms with Crippen LogP contribution in [0.2, 0.25) is 10.0 Å². The van der Waals surface area contributed by atoms with E-state index in [0.29, 0.717) is 31.5 Å². The van der Waals surface area contributed by atoms with E-state index in [1.807, 2.05) is 18.2 Å². The van der Waals surface area contributed by atoms with Crippen molar-refractivity contribution >= 4 is 63.9 Å². The van der Waals surface area contributed by atoms with Gasteiger partial charge in [0.25, 0.3) is 5.91 Å². The largest absolute Gasteiger partial charge is 0.467 e. The lowest BCUT2D eigenvalue weighted by Gasteiger charge is -2.19. The highest BCUT2D eigenvalue weighted by molar-refractivity contribution is 6.45. The second-order valence-electron chi connectivity index (χ2n) is 7.84. The van der Waals surface area contributed by atoms with Gasteiger partial charge in [-0.15, -0.1) is 11.6 Å². The Morgan fingerprint density at radius 1 is 1.21 bits per heavy atom. The number of anilines is 1. The third-order valence-corrected chi connectivity index (χ3v) is 6.85. The number of ether oxygens (including phenoxy) is 1. The van der Waals surface area contributed by atoms with Crippen LogP contribution in [0.4, 0.5) is 5.69 Å². The average Bonchev–Trinajstić information content (AvgIpc) is 3.36. The molecule has 2 unspecified atom stereocenters. The first-order valence-corrected chi connectivity index (χ1v) is 11.5. The normalized spacial score (nSPS) is 19.6. The molecule has 1 fully saturated rings. The number of benzene rings is 1. The molecule has 10 heteroatoms. The summed E-state index contributed by atoms with van der Waals surface area (Å²) in [4.78, 5) is 47.2. The Morgan fingerprint density at radius 3 is 2.58 bits per heavy atom. The van der Waals surface area contributed by atoms with Gasteiger partial charge in [-0.1, -0.05) is 35.3 Å². The first-order chi connectivity index (χ1) is 15.8. The summed E-state index contributed by atoms with van der Waals surface area (Å²) in [6.45, 7) is 0.478. The molecule has 1 aliphatic carbocycles. The SMILES string of the molecule is COC(=O)C(Cc1ccc2c(c1)CCN2C(=O)c1c(Cl)cncc1Cl)N=C1CCC(=O)C1Cl. The van der Waals surface area contributed by atoms with E-state index in [1.54, 1.807) is 4.90 Å². The number of halogens is 3. The fraction of sp³-hybridized carbons (Fsp3) is 0.348. The van der Waals surface area contributed by atoms with E-state index in [9.17, 15) is 14.4 Å². The zero-order chi connectivity index (χ0) is 23.7. The second-order valence-corrected chi connectivity index (χ2v) is 9.09. The molecule has 1 aliphatic heterocycles. The summed E-state index contributed by atoms with van der Waals surface area (Å²) in [5.41, 5.74) is 3.31. The number of carbonyl (C=O) groups excluding carboxylic acids is 3. The molecule has 1 aromatic carbocycles. The number of amides is 1. The molecule has 172 valence electrons. The third kappa shape index (κ3) is 4.76. The summed E-state index contributed by atoms with van der Waals surface area (Å²) in [5.74, 6) is -0.877. The maximum Gasteiger partial charge on any atom is 0.330 e. The van der Waals surface area contributed by atoms with Crippen molar-refractivity contribution < 1.29 is 19.1 Å². The fourth-order valence-corrected chi connectivity index (χ4v) is 4.91. The van der Waals surface area contributed by atoms with Crippen LogP contribution in [0.25, 0.3) is 0 Å². The minimum Gasteiger partial charge on any atom is -0.467 e. The van der Waals surface area contributed by atoms with Crippen molar-refractivity contribution in [3.63, 3.8) is 0 Å². The molecule has 1 saturated carbocycles. The Labute approximate surface area is 205 Å². The third-order valence-electron chi connectivity index (χ3n) is 5.78. The van der Waals surface area contributed by atoms with E-state index in [-0.39, 0.29) is 33.7 Å². The number of alkyl halides is 1. The van der Waals surface area contributed by atoms with E-state index < -0.39 is 17.4 Å². The van der Waals surface area contributed by atoms with Gasteiger partial charge in [0.15, 0.2) is 11.8 Å². The highest BCUT2D eigenvalue weighted by Crippen LogP contribution is 2.33. The summed E-state index contributed by atoms with van der Waals surface area (Å²) in [6, 6.07) is 4.83. The van der Waals surface area contributed by atoms with Gasteiger partial charge in [-0.25, -0.2) is 4.79 Å². The smallest absolute Gasteiger partial charge is 0.330 e. The zero-order valence-corrected chi connectivity index (χ0v) is 20.0. The molecule has 1 aromatic heterocycles. The van der Waals surface area contributed by atoms with E-state index in [0.717, 1.165) is 16.8 Å². The predicted octanol–water partition coefficient (Wildman–Crippen LogP) is 4.09. The van der Waals surface area contributed by atoms with Crippen molar-refractivity contribution in [2.45, 2.75) is 37.1 Å². The fourth-order valence-electron chi connectivity index (χ4n) is 4.11. The lowest BCUT2D eigenvalue weighted by Crippen LogP contribution is -2.29. The quantitative estimate of drug-likeness (QED) is 0.448. The number of aromatic nitrogens is 1. The van der Waals surface area contributed by atoms with Gasteiger partial charge in [-0.3, -0.25) is 19.6 Å². The molecular formula is C23H20Cl3N3O4. The molecule has 0 bridgehead atoms. The maximum atomic E-state index is 13.1. The summed E-state index contributed by atoms with van der Waals surface area (Å²) in [6.07, 6.45) is 4.48. The molecule has 0 saturated heterocycles. The van der Waals surface area contributed by atoms with Crippen molar-refractivity contribution in [2.24, 2.45) is 4.99 Å². The van der Waals surface area contributed by atoms with Gasteiger partial charge in [0.1, 0.15) is 5.38 Å². The number of Topliss-reactive ketones (excluding diaryl/α,β-unsaturated/α-hetero) is 1. The molecule has 4 rings (SSSR count). The van der Waals surface area contributed by atoms with Crippen LogP contribution in [-0.2, 0) is 27.2 Å². The van der Waals surface area contributed by atoms with Gasteiger partial charge in [0.2, 0.25) is 0 Å². The van der Waals surface area contributed by atoms with Gasteiger partial charge in [0.05, 0.1) is 22.7 Å². The van der Waals surface area contributed by atoms with Crippen LogP contribution in [0, 0.1) is 0 Å². The van der Waals surface area contributed by atoms with Crippen LogP contribution in [-0.4, -0.2) is 53.4 Å². The van der Waals surface area contributed by atoms with Gasteiger partial charge >= 0.3 is 5.97 Å². The van der Waals surface area contributed by atoms with Crippen LogP contribution < -0.4 is 4.90 Å². The molecule has 1 amide bonds. The van der Waals surface area contributed by atoms with Gasteiger partial charge in [-0.2, -0.15) is 0 Å². The van der Waals surface area contributed by atoms with Crippen molar-refractivity contribution in [3.8, 4) is 0 Å². The maximum absolute atomic E-state index is 13.1. The molecule has 0 N–H and O–H groups in total. The van der Waals surface area contributed by atoms with E-state index in [2.05, 4.69) is 9.98 Å². The molecule has 2 aliphatic rings. The molecule has 0 radical (unpaired) electrons. The lowest BCUT2D eigenvalue weighted by molar-refractivity contribution is -0.142.